The lowest BCUT2D eigenvalue weighted by Crippen LogP contribution is -2.61. The first kappa shape index (κ1) is 16.7. The molecule has 0 saturated carbocycles. The van der Waals surface area contributed by atoms with E-state index >= 15 is 0 Å². The Morgan fingerprint density at radius 2 is 1.81 bits per heavy atom. The lowest BCUT2D eigenvalue weighted by molar-refractivity contribution is -0.176. The molecule has 0 spiro atoms. The van der Waals surface area contributed by atoms with Gasteiger partial charge in [-0.15, -0.1) is 6.58 Å². The number of benzene rings is 1. The second-order valence-electron chi connectivity index (χ2n) is 4.55. The average molecular weight is 300 g/mol. The zero-order valence-corrected chi connectivity index (χ0v) is 11.1. The summed E-state index contributed by atoms with van der Waals surface area (Å²) in [6, 6.07) is 8.31. The van der Waals surface area contributed by atoms with Crippen molar-refractivity contribution in [2.75, 3.05) is 0 Å². The molecule has 0 aliphatic heterocycles. The Hall–Kier alpha value is -2.31. The van der Waals surface area contributed by atoms with Crippen LogP contribution in [0.15, 0.2) is 43.0 Å². The number of alkyl halides is 3. The molecule has 1 atom stereocenters. The molecule has 1 aromatic rings. The largest absolute Gasteiger partial charge is 0.471 e. The van der Waals surface area contributed by atoms with Crippen molar-refractivity contribution < 1.29 is 22.8 Å². The minimum absolute atomic E-state index is 0.156. The van der Waals surface area contributed by atoms with E-state index in [0.717, 1.165) is 0 Å². The normalized spacial score (nSPS) is 14.0. The summed E-state index contributed by atoms with van der Waals surface area (Å²) in [4.78, 5) is 22.8. The van der Waals surface area contributed by atoms with Crippen molar-refractivity contribution in [3.8, 4) is 0 Å². The van der Waals surface area contributed by atoms with E-state index in [0.29, 0.717) is 5.56 Å². The predicted molar refractivity (Wildman–Crippen MR) is 71.1 cm³/mol. The Labute approximate surface area is 119 Å². The van der Waals surface area contributed by atoms with Crippen LogP contribution in [0.25, 0.3) is 0 Å². The van der Waals surface area contributed by atoms with Gasteiger partial charge in [0.05, 0.1) is 0 Å². The van der Waals surface area contributed by atoms with Gasteiger partial charge >= 0.3 is 12.1 Å². The van der Waals surface area contributed by atoms with Crippen molar-refractivity contribution in [1.29, 1.82) is 0 Å². The highest BCUT2D eigenvalue weighted by atomic mass is 19.4. The molecule has 1 aromatic carbocycles. The summed E-state index contributed by atoms with van der Waals surface area (Å²) in [6.07, 6.45) is -4.22. The topological polar surface area (TPSA) is 72.2 Å². The fourth-order valence-electron chi connectivity index (χ4n) is 1.90. The SMILES string of the molecule is C=CCC(Cc1ccccc1)(NC(=O)C(F)(F)F)C(N)=O. The van der Waals surface area contributed by atoms with Crippen LogP contribution in [0.4, 0.5) is 13.2 Å². The molecule has 7 heteroatoms. The summed E-state index contributed by atoms with van der Waals surface area (Å²) in [5.41, 5.74) is 3.93. The maximum atomic E-state index is 12.4. The number of primary amides is 1. The Bertz CT molecular complexity index is 529. The first-order valence-corrected chi connectivity index (χ1v) is 6.05. The lowest BCUT2D eigenvalue weighted by Gasteiger charge is -2.31. The molecule has 2 amide bonds. The monoisotopic (exact) mass is 300 g/mol. The van der Waals surface area contributed by atoms with Crippen LogP contribution >= 0.6 is 0 Å². The first-order valence-electron chi connectivity index (χ1n) is 6.05. The number of nitrogens with two attached hydrogens (primary N) is 1. The van der Waals surface area contributed by atoms with Crippen LogP contribution in [0.5, 0.6) is 0 Å². The highest BCUT2D eigenvalue weighted by molar-refractivity contribution is 5.92. The quantitative estimate of drug-likeness (QED) is 0.785. The van der Waals surface area contributed by atoms with Gasteiger partial charge in [0.2, 0.25) is 5.91 Å². The van der Waals surface area contributed by atoms with Crippen LogP contribution < -0.4 is 11.1 Å². The Morgan fingerprint density at radius 3 is 2.24 bits per heavy atom. The van der Waals surface area contributed by atoms with Gasteiger partial charge in [0, 0.05) is 6.42 Å². The van der Waals surface area contributed by atoms with E-state index in [4.69, 9.17) is 5.73 Å². The lowest BCUT2D eigenvalue weighted by atomic mass is 9.86. The van der Waals surface area contributed by atoms with Crippen molar-refractivity contribution >= 4 is 11.8 Å². The van der Waals surface area contributed by atoms with Crippen molar-refractivity contribution in [2.24, 2.45) is 5.73 Å². The number of halogens is 3. The highest BCUT2D eigenvalue weighted by Gasteiger charge is 2.46. The molecule has 0 fully saturated rings. The average Bonchev–Trinajstić information content (AvgIpc) is 2.38. The summed E-state index contributed by atoms with van der Waals surface area (Å²) >= 11 is 0. The molecule has 4 nitrogen and oxygen atoms in total. The number of hydrogen-bond acceptors (Lipinski definition) is 2. The molecule has 0 bridgehead atoms. The van der Waals surface area contributed by atoms with Crippen LogP contribution in [0.2, 0.25) is 0 Å². The van der Waals surface area contributed by atoms with E-state index in [9.17, 15) is 22.8 Å². The Kier molecular flexibility index (Phi) is 5.12. The molecular formula is C14H15F3N2O2. The molecule has 0 aliphatic rings. The van der Waals surface area contributed by atoms with Crippen LogP contribution in [0.1, 0.15) is 12.0 Å². The van der Waals surface area contributed by atoms with E-state index in [1.165, 1.54) is 6.08 Å². The van der Waals surface area contributed by atoms with Gasteiger partial charge in [0.15, 0.2) is 0 Å². The van der Waals surface area contributed by atoms with Crippen molar-refractivity contribution in [3.05, 3.63) is 48.6 Å². The minimum Gasteiger partial charge on any atom is -0.368 e. The van der Waals surface area contributed by atoms with Crippen LogP contribution in [0, 0.1) is 0 Å². The molecule has 1 rings (SSSR count). The van der Waals surface area contributed by atoms with Crippen LogP contribution in [0.3, 0.4) is 0 Å². The number of carbonyl (C=O) groups excluding carboxylic acids is 2. The number of hydrogen-bond donors (Lipinski definition) is 2. The maximum Gasteiger partial charge on any atom is 0.471 e. The van der Waals surface area contributed by atoms with E-state index in [2.05, 4.69) is 6.58 Å². The predicted octanol–water partition coefficient (Wildman–Crippen LogP) is 1.71. The summed E-state index contributed by atoms with van der Waals surface area (Å²) < 4.78 is 37.3. The fraction of sp³-hybridized carbons (Fsp3) is 0.286. The summed E-state index contributed by atoms with van der Waals surface area (Å²) in [5.74, 6) is -3.26. The van der Waals surface area contributed by atoms with Gasteiger partial charge in [-0.1, -0.05) is 36.4 Å². The van der Waals surface area contributed by atoms with Crippen LogP contribution in [-0.2, 0) is 16.0 Å². The van der Waals surface area contributed by atoms with Crippen LogP contribution in [-0.4, -0.2) is 23.5 Å². The van der Waals surface area contributed by atoms with Gasteiger partial charge in [-0.05, 0) is 12.0 Å². The number of amides is 2. The highest BCUT2D eigenvalue weighted by Crippen LogP contribution is 2.22. The van der Waals surface area contributed by atoms with Gasteiger partial charge in [-0.25, -0.2) is 0 Å². The standard InChI is InChI=1S/C14H15F3N2O2/c1-2-8-13(11(18)20,19-12(21)14(15,16)17)9-10-6-4-3-5-7-10/h2-7H,1,8-9H2,(H2,18,20)(H,19,21). The molecule has 3 N–H and O–H groups in total. The van der Waals surface area contributed by atoms with E-state index in [1.807, 2.05) is 0 Å². The molecule has 0 saturated heterocycles. The van der Waals surface area contributed by atoms with Gasteiger partial charge < -0.3 is 11.1 Å². The molecule has 21 heavy (non-hydrogen) atoms. The zero-order valence-electron chi connectivity index (χ0n) is 11.1. The second kappa shape index (κ2) is 6.43. The Balaban J connectivity index is 3.12. The first-order chi connectivity index (χ1) is 9.71. The molecule has 0 radical (unpaired) electrons. The number of nitrogens with one attached hydrogen (secondary N) is 1. The van der Waals surface area contributed by atoms with Crippen molar-refractivity contribution in [1.82, 2.24) is 5.32 Å². The zero-order chi connectivity index (χ0) is 16.1. The maximum absolute atomic E-state index is 12.4. The third kappa shape index (κ3) is 4.34. The van der Waals surface area contributed by atoms with E-state index in [-0.39, 0.29) is 12.8 Å². The molecule has 114 valence electrons. The molecular weight excluding hydrogens is 285 g/mol. The van der Waals surface area contributed by atoms with E-state index < -0.39 is 23.5 Å². The third-order valence-electron chi connectivity index (χ3n) is 2.92. The summed E-state index contributed by atoms with van der Waals surface area (Å²) in [5, 5.41) is 1.71. The van der Waals surface area contributed by atoms with Crippen molar-refractivity contribution in [2.45, 2.75) is 24.6 Å². The smallest absolute Gasteiger partial charge is 0.368 e. The van der Waals surface area contributed by atoms with E-state index in [1.54, 1.807) is 35.6 Å². The van der Waals surface area contributed by atoms with Gasteiger partial charge in [0.1, 0.15) is 5.54 Å². The minimum atomic E-state index is -5.10. The molecule has 0 heterocycles. The second-order valence-corrected chi connectivity index (χ2v) is 4.55. The molecule has 0 aromatic heterocycles. The third-order valence-corrected chi connectivity index (χ3v) is 2.92. The number of rotatable bonds is 6. The van der Waals surface area contributed by atoms with Crippen molar-refractivity contribution in [3.63, 3.8) is 0 Å². The van der Waals surface area contributed by atoms with Gasteiger partial charge in [-0.3, -0.25) is 9.59 Å². The Morgan fingerprint density at radius 1 is 1.24 bits per heavy atom. The number of carbonyl (C=O) groups is 2. The van der Waals surface area contributed by atoms with Gasteiger partial charge in [0.25, 0.3) is 0 Å². The fourth-order valence-corrected chi connectivity index (χ4v) is 1.90. The molecule has 1 unspecified atom stereocenters. The summed E-state index contributed by atoms with van der Waals surface area (Å²) in [7, 11) is 0. The summed E-state index contributed by atoms with van der Waals surface area (Å²) in [6.45, 7) is 3.40. The molecule has 0 aliphatic carbocycles. The van der Waals surface area contributed by atoms with Gasteiger partial charge in [-0.2, -0.15) is 13.2 Å².